The van der Waals surface area contributed by atoms with Crippen molar-refractivity contribution in [2.75, 3.05) is 6.61 Å². The summed E-state index contributed by atoms with van der Waals surface area (Å²) in [6.45, 7) is 0.779. The minimum absolute atomic E-state index is 0.0867. The molecule has 0 radical (unpaired) electrons. The van der Waals surface area contributed by atoms with E-state index in [1.54, 1.807) is 0 Å². The molecule has 0 spiro atoms. The van der Waals surface area contributed by atoms with Gasteiger partial charge < -0.3 is 9.94 Å². The third-order valence-electron chi connectivity index (χ3n) is 2.20. The van der Waals surface area contributed by atoms with Gasteiger partial charge in [-0.3, -0.25) is 0 Å². The standard InChI is InChI=1S/C6H11NO2/c8-5-1-4-3-9-7-6(4)2-5/h4-8H,1-3H2. The van der Waals surface area contributed by atoms with Gasteiger partial charge in [0.25, 0.3) is 0 Å². The molecule has 2 rings (SSSR count). The van der Waals surface area contributed by atoms with Gasteiger partial charge in [-0.15, -0.1) is 0 Å². The van der Waals surface area contributed by atoms with E-state index in [0.29, 0.717) is 12.0 Å². The lowest BCUT2D eigenvalue weighted by Crippen LogP contribution is -2.21. The van der Waals surface area contributed by atoms with Crippen molar-refractivity contribution in [1.82, 2.24) is 5.48 Å². The zero-order chi connectivity index (χ0) is 6.27. The fraction of sp³-hybridized carbons (Fsp3) is 1.00. The van der Waals surface area contributed by atoms with E-state index < -0.39 is 0 Å². The average molecular weight is 129 g/mol. The molecule has 2 aliphatic rings. The second-order valence-electron chi connectivity index (χ2n) is 2.92. The fourth-order valence-electron chi connectivity index (χ4n) is 1.69. The van der Waals surface area contributed by atoms with Crippen molar-refractivity contribution in [1.29, 1.82) is 0 Å². The molecular formula is C6H11NO2. The van der Waals surface area contributed by atoms with E-state index in [0.717, 1.165) is 19.4 Å². The van der Waals surface area contributed by atoms with E-state index in [2.05, 4.69) is 5.48 Å². The molecule has 0 aromatic carbocycles. The Morgan fingerprint density at radius 2 is 2.33 bits per heavy atom. The Labute approximate surface area is 54.0 Å². The van der Waals surface area contributed by atoms with Gasteiger partial charge in [0.15, 0.2) is 0 Å². The smallest absolute Gasteiger partial charge is 0.0727 e. The first-order chi connectivity index (χ1) is 4.36. The highest BCUT2D eigenvalue weighted by Crippen LogP contribution is 2.29. The Morgan fingerprint density at radius 1 is 1.44 bits per heavy atom. The maximum absolute atomic E-state index is 9.14. The maximum Gasteiger partial charge on any atom is 0.0727 e. The van der Waals surface area contributed by atoms with Crippen molar-refractivity contribution in [3.05, 3.63) is 0 Å². The molecule has 3 heteroatoms. The first kappa shape index (κ1) is 5.65. The fourth-order valence-corrected chi connectivity index (χ4v) is 1.69. The van der Waals surface area contributed by atoms with Crippen molar-refractivity contribution >= 4 is 0 Å². The molecule has 9 heavy (non-hydrogen) atoms. The Bertz CT molecular complexity index is 106. The molecule has 1 saturated heterocycles. The van der Waals surface area contributed by atoms with Crippen LogP contribution in [0.3, 0.4) is 0 Å². The quantitative estimate of drug-likeness (QED) is 0.470. The van der Waals surface area contributed by atoms with Crippen LogP contribution < -0.4 is 5.48 Å². The number of hydrogen-bond donors (Lipinski definition) is 2. The van der Waals surface area contributed by atoms with Crippen molar-refractivity contribution in [2.24, 2.45) is 5.92 Å². The number of aliphatic hydroxyl groups is 1. The van der Waals surface area contributed by atoms with Crippen LogP contribution in [0.5, 0.6) is 0 Å². The number of hydrogen-bond acceptors (Lipinski definition) is 3. The second-order valence-corrected chi connectivity index (χ2v) is 2.92. The van der Waals surface area contributed by atoms with E-state index in [1.807, 2.05) is 0 Å². The van der Waals surface area contributed by atoms with Crippen LogP contribution in [0.4, 0.5) is 0 Å². The van der Waals surface area contributed by atoms with Gasteiger partial charge in [0.1, 0.15) is 0 Å². The van der Waals surface area contributed by atoms with E-state index in [9.17, 15) is 0 Å². The summed E-state index contributed by atoms with van der Waals surface area (Å²) in [6, 6.07) is 0.431. The van der Waals surface area contributed by atoms with Gasteiger partial charge in [-0.1, -0.05) is 0 Å². The predicted octanol–water partition coefficient (Wildman–Crippen LogP) is -0.339. The molecule has 2 fully saturated rings. The first-order valence-electron chi connectivity index (χ1n) is 3.41. The Kier molecular flexibility index (Phi) is 1.22. The van der Waals surface area contributed by atoms with Gasteiger partial charge in [0, 0.05) is 12.0 Å². The summed E-state index contributed by atoms with van der Waals surface area (Å²) in [4.78, 5) is 5.00. The third kappa shape index (κ3) is 0.852. The molecule has 3 atom stereocenters. The van der Waals surface area contributed by atoms with E-state index in [-0.39, 0.29) is 6.10 Å². The summed E-state index contributed by atoms with van der Waals surface area (Å²) in [7, 11) is 0. The SMILES string of the molecule is OC1CC2CONC2C1. The summed E-state index contributed by atoms with van der Waals surface area (Å²) < 4.78 is 0. The molecular weight excluding hydrogens is 118 g/mol. The Morgan fingerprint density at radius 3 is 3.11 bits per heavy atom. The third-order valence-corrected chi connectivity index (χ3v) is 2.20. The average Bonchev–Trinajstić information content (AvgIpc) is 2.22. The van der Waals surface area contributed by atoms with Crippen LogP contribution >= 0.6 is 0 Å². The van der Waals surface area contributed by atoms with Crippen molar-refractivity contribution in [3.8, 4) is 0 Å². The number of nitrogens with one attached hydrogen (secondary N) is 1. The monoisotopic (exact) mass is 129 g/mol. The second kappa shape index (κ2) is 1.94. The lowest BCUT2D eigenvalue weighted by molar-refractivity contribution is 0.0634. The highest BCUT2D eigenvalue weighted by Gasteiger charge is 2.37. The maximum atomic E-state index is 9.14. The Hall–Kier alpha value is -0.120. The first-order valence-corrected chi connectivity index (χ1v) is 3.41. The van der Waals surface area contributed by atoms with Crippen LogP contribution in [-0.4, -0.2) is 23.9 Å². The minimum atomic E-state index is -0.0867. The molecule has 1 heterocycles. The highest BCUT2D eigenvalue weighted by atomic mass is 16.7. The molecule has 3 nitrogen and oxygen atoms in total. The van der Waals surface area contributed by atoms with Gasteiger partial charge in [-0.2, -0.15) is 5.48 Å². The van der Waals surface area contributed by atoms with E-state index in [1.165, 1.54) is 0 Å². The number of fused-ring (bicyclic) bond motifs is 1. The predicted molar refractivity (Wildman–Crippen MR) is 31.6 cm³/mol. The lowest BCUT2D eigenvalue weighted by atomic mass is 10.1. The molecule has 1 aliphatic heterocycles. The lowest BCUT2D eigenvalue weighted by Gasteiger charge is -2.02. The van der Waals surface area contributed by atoms with Gasteiger partial charge in [-0.05, 0) is 12.8 Å². The molecule has 0 aromatic heterocycles. The van der Waals surface area contributed by atoms with Crippen molar-refractivity contribution < 1.29 is 9.94 Å². The molecule has 0 aromatic rings. The van der Waals surface area contributed by atoms with Crippen LogP contribution in [0, 0.1) is 5.92 Å². The zero-order valence-corrected chi connectivity index (χ0v) is 5.21. The molecule has 2 N–H and O–H groups in total. The molecule has 0 bridgehead atoms. The highest BCUT2D eigenvalue weighted by molar-refractivity contribution is 4.88. The Balaban J connectivity index is 2.02. The van der Waals surface area contributed by atoms with E-state index in [4.69, 9.17) is 9.94 Å². The summed E-state index contributed by atoms with van der Waals surface area (Å²) >= 11 is 0. The molecule has 0 amide bonds. The zero-order valence-electron chi connectivity index (χ0n) is 5.21. The number of aliphatic hydroxyl groups excluding tert-OH is 1. The topological polar surface area (TPSA) is 41.5 Å². The van der Waals surface area contributed by atoms with E-state index >= 15 is 0 Å². The summed E-state index contributed by atoms with van der Waals surface area (Å²) in [5.41, 5.74) is 2.89. The minimum Gasteiger partial charge on any atom is -0.393 e. The van der Waals surface area contributed by atoms with Crippen molar-refractivity contribution in [3.63, 3.8) is 0 Å². The number of hydroxylamine groups is 1. The molecule has 1 aliphatic carbocycles. The van der Waals surface area contributed by atoms with Crippen LogP contribution in [0.2, 0.25) is 0 Å². The summed E-state index contributed by atoms with van der Waals surface area (Å²) in [5.74, 6) is 0.569. The van der Waals surface area contributed by atoms with Gasteiger partial charge >= 0.3 is 0 Å². The number of rotatable bonds is 0. The van der Waals surface area contributed by atoms with Crippen LogP contribution in [0.25, 0.3) is 0 Å². The summed E-state index contributed by atoms with van der Waals surface area (Å²) in [6.07, 6.45) is 1.69. The summed E-state index contributed by atoms with van der Waals surface area (Å²) in [5, 5.41) is 9.14. The largest absolute Gasteiger partial charge is 0.393 e. The normalized spacial score (nSPS) is 49.7. The van der Waals surface area contributed by atoms with Gasteiger partial charge in [-0.25, -0.2) is 0 Å². The van der Waals surface area contributed by atoms with Crippen LogP contribution in [0.15, 0.2) is 0 Å². The van der Waals surface area contributed by atoms with Crippen LogP contribution in [0.1, 0.15) is 12.8 Å². The molecule has 52 valence electrons. The van der Waals surface area contributed by atoms with Gasteiger partial charge in [0.2, 0.25) is 0 Å². The molecule has 3 unspecified atom stereocenters. The van der Waals surface area contributed by atoms with Crippen molar-refractivity contribution in [2.45, 2.75) is 25.0 Å². The van der Waals surface area contributed by atoms with Gasteiger partial charge in [0.05, 0.1) is 12.7 Å². The van der Waals surface area contributed by atoms with Crippen LogP contribution in [-0.2, 0) is 4.84 Å². The molecule has 1 saturated carbocycles.